The van der Waals surface area contributed by atoms with E-state index < -0.39 is 0 Å². The van der Waals surface area contributed by atoms with Gasteiger partial charge < -0.3 is 14.4 Å². The number of halogens is 1. The van der Waals surface area contributed by atoms with E-state index in [0.29, 0.717) is 22.7 Å². The fraction of sp³-hybridized carbons (Fsp3) is 0.526. The Hall–Kier alpha value is -2.08. The first-order valence-electron chi connectivity index (χ1n) is 8.38. The quantitative estimate of drug-likeness (QED) is 0.748. The Morgan fingerprint density at radius 3 is 2.50 bits per heavy atom. The Morgan fingerprint density at radius 1 is 1.19 bits per heavy atom. The molecule has 0 radical (unpaired) electrons. The number of methoxy groups -OCH3 is 1. The average molecular weight is 380 g/mol. The van der Waals surface area contributed by atoms with Crippen molar-refractivity contribution in [2.75, 3.05) is 14.2 Å². The molecule has 0 bridgehead atoms. The molecule has 0 spiro atoms. The molecule has 6 nitrogen and oxygen atoms in total. The van der Waals surface area contributed by atoms with Gasteiger partial charge in [0.05, 0.1) is 18.7 Å². The topological polar surface area (TPSA) is 64.6 Å². The van der Waals surface area contributed by atoms with Crippen LogP contribution in [-0.4, -0.2) is 47.1 Å². The van der Waals surface area contributed by atoms with Crippen molar-refractivity contribution in [3.8, 4) is 11.5 Å². The van der Waals surface area contributed by atoms with Gasteiger partial charge in [0.15, 0.2) is 11.5 Å². The van der Waals surface area contributed by atoms with Crippen molar-refractivity contribution < 1.29 is 14.3 Å². The van der Waals surface area contributed by atoms with Crippen LogP contribution in [0.1, 0.15) is 40.0 Å². The smallest absolute Gasteiger partial charge is 0.219 e. The summed E-state index contributed by atoms with van der Waals surface area (Å²) in [6, 6.07) is 3.94. The molecule has 0 atom stereocenters. The largest absolute Gasteiger partial charge is 0.493 e. The number of aromatic nitrogens is 2. The molecular formula is C19H26ClN3O3. The van der Waals surface area contributed by atoms with Gasteiger partial charge in [-0.3, -0.25) is 4.79 Å². The van der Waals surface area contributed by atoms with E-state index in [-0.39, 0.29) is 19.4 Å². The van der Waals surface area contributed by atoms with Crippen LogP contribution in [0.25, 0.3) is 10.9 Å². The molecule has 1 heterocycles. The molecule has 1 saturated carbocycles. The van der Waals surface area contributed by atoms with Crippen molar-refractivity contribution in [3.05, 3.63) is 23.6 Å². The van der Waals surface area contributed by atoms with Crippen molar-refractivity contribution >= 4 is 28.4 Å². The summed E-state index contributed by atoms with van der Waals surface area (Å²) in [5, 5.41) is 1.13. The normalized spacial score (nSPS) is 19.5. The molecule has 1 amide bonds. The number of amides is 1. The molecule has 0 aliphatic heterocycles. The third-order valence-electron chi connectivity index (χ3n) is 4.85. The number of carbonyl (C=O) groups is 1. The van der Waals surface area contributed by atoms with Gasteiger partial charge in [-0.05, 0) is 31.7 Å². The van der Waals surface area contributed by atoms with Gasteiger partial charge in [-0.25, -0.2) is 9.97 Å². The molecule has 1 aliphatic rings. The summed E-state index contributed by atoms with van der Waals surface area (Å²) in [5.41, 5.74) is 0.719. The van der Waals surface area contributed by atoms with E-state index >= 15 is 0 Å². The molecule has 7 heteroatoms. The van der Waals surface area contributed by atoms with Crippen molar-refractivity contribution in [2.24, 2.45) is 0 Å². The number of hydrogen-bond acceptors (Lipinski definition) is 5. The number of benzene rings is 1. The first kappa shape index (κ1) is 20.2. The molecule has 142 valence electrons. The number of nitrogens with zero attached hydrogens (tertiary/aromatic N) is 3. The first-order valence-corrected chi connectivity index (χ1v) is 8.75. The fourth-order valence-electron chi connectivity index (χ4n) is 3.27. The first-order chi connectivity index (χ1) is 12.0. The molecular weight excluding hydrogens is 354 g/mol. The summed E-state index contributed by atoms with van der Waals surface area (Å²) >= 11 is 6.17. The molecule has 3 rings (SSSR count). The minimum Gasteiger partial charge on any atom is -0.493 e. The predicted molar refractivity (Wildman–Crippen MR) is 103 cm³/mol. The van der Waals surface area contributed by atoms with Crippen LogP contribution in [0.2, 0.25) is 5.15 Å². The van der Waals surface area contributed by atoms with Crippen LogP contribution in [0.15, 0.2) is 18.5 Å². The van der Waals surface area contributed by atoms with Gasteiger partial charge in [0.1, 0.15) is 11.5 Å². The van der Waals surface area contributed by atoms with Crippen molar-refractivity contribution in [2.45, 2.75) is 52.2 Å². The lowest BCUT2D eigenvalue weighted by Gasteiger charge is -2.34. The maximum atomic E-state index is 11.5. The van der Waals surface area contributed by atoms with E-state index in [1.54, 1.807) is 14.0 Å². The average Bonchev–Trinajstić information content (AvgIpc) is 2.62. The van der Waals surface area contributed by atoms with Gasteiger partial charge in [-0.15, -0.1) is 0 Å². The molecule has 1 aromatic heterocycles. The molecule has 1 aromatic carbocycles. The van der Waals surface area contributed by atoms with E-state index in [0.717, 1.165) is 36.6 Å². The van der Waals surface area contributed by atoms with Crippen LogP contribution in [-0.2, 0) is 4.79 Å². The second-order valence-corrected chi connectivity index (χ2v) is 6.72. The highest BCUT2D eigenvalue weighted by Crippen LogP contribution is 2.36. The van der Waals surface area contributed by atoms with Crippen LogP contribution < -0.4 is 9.47 Å². The summed E-state index contributed by atoms with van der Waals surface area (Å²) < 4.78 is 11.6. The summed E-state index contributed by atoms with van der Waals surface area (Å²) in [6.45, 7) is 1.61. The van der Waals surface area contributed by atoms with Crippen LogP contribution >= 0.6 is 11.6 Å². The summed E-state index contributed by atoms with van der Waals surface area (Å²) in [7, 11) is 3.47. The Morgan fingerprint density at radius 2 is 1.88 bits per heavy atom. The number of fused-ring (bicyclic) bond motifs is 1. The van der Waals surface area contributed by atoms with Gasteiger partial charge in [0.25, 0.3) is 0 Å². The standard InChI is InChI=1S/C18H22ClN3O3.CH4/c1-11(23)22(2)12-4-6-13(7-5-12)25-17-8-14-15(9-16(17)24-3)20-10-21-18(14)19;/h8-10,12-13H,4-7H2,1-3H3;1H4. The summed E-state index contributed by atoms with van der Waals surface area (Å²) in [4.78, 5) is 21.6. The third kappa shape index (κ3) is 4.18. The van der Waals surface area contributed by atoms with E-state index in [1.807, 2.05) is 24.1 Å². The summed E-state index contributed by atoms with van der Waals surface area (Å²) in [5.74, 6) is 1.38. The van der Waals surface area contributed by atoms with Gasteiger partial charge in [0.2, 0.25) is 5.91 Å². The van der Waals surface area contributed by atoms with Gasteiger partial charge in [-0.1, -0.05) is 19.0 Å². The molecule has 1 aliphatic carbocycles. The highest BCUT2D eigenvalue weighted by molar-refractivity contribution is 6.34. The maximum Gasteiger partial charge on any atom is 0.219 e. The van der Waals surface area contributed by atoms with Crippen molar-refractivity contribution in [3.63, 3.8) is 0 Å². The zero-order valence-electron chi connectivity index (χ0n) is 14.7. The second-order valence-electron chi connectivity index (χ2n) is 6.36. The zero-order valence-corrected chi connectivity index (χ0v) is 15.4. The van der Waals surface area contributed by atoms with Crippen LogP contribution in [0, 0.1) is 0 Å². The molecule has 26 heavy (non-hydrogen) atoms. The van der Waals surface area contributed by atoms with E-state index in [4.69, 9.17) is 21.1 Å². The van der Waals surface area contributed by atoms with Gasteiger partial charge in [-0.2, -0.15) is 0 Å². The van der Waals surface area contributed by atoms with Gasteiger partial charge >= 0.3 is 0 Å². The van der Waals surface area contributed by atoms with Crippen LogP contribution in [0.4, 0.5) is 0 Å². The SMILES string of the molecule is C.COc1cc2ncnc(Cl)c2cc1OC1CCC(N(C)C(C)=O)CC1. The molecule has 0 N–H and O–H groups in total. The predicted octanol–water partition coefficient (Wildman–Crippen LogP) is 4.10. The fourth-order valence-corrected chi connectivity index (χ4v) is 3.47. The molecule has 1 fully saturated rings. The van der Waals surface area contributed by atoms with E-state index in [1.165, 1.54) is 6.33 Å². The summed E-state index contributed by atoms with van der Waals surface area (Å²) in [6.07, 6.45) is 5.16. The zero-order chi connectivity index (χ0) is 18.0. The Labute approximate surface area is 159 Å². The Kier molecular flexibility index (Phi) is 6.64. The number of carbonyl (C=O) groups excluding carboxylic acids is 1. The van der Waals surface area contributed by atoms with Crippen LogP contribution in [0.5, 0.6) is 11.5 Å². The molecule has 0 saturated heterocycles. The third-order valence-corrected chi connectivity index (χ3v) is 5.16. The highest BCUT2D eigenvalue weighted by Gasteiger charge is 2.27. The lowest BCUT2D eigenvalue weighted by Crippen LogP contribution is -2.40. The van der Waals surface area contributed by atoms with Gasteiger partial charge in [0, 0.05) is 31.5 Å². The molecule has 0 unspecified atom stereocenters. The van der Waals surface area contributed by atoms with Crippen molar-refractivity contribution in [1.29, 1.82) is 0 Å². The minimum absolute atomic E-state index is 0. The minimum atomic E-state index is 0. The lowest BCUT2D eigenvalue weighted by molar-refractivity contribution is -0.130. The monoisotopic (exact) mass is 379 g/mol. The lowest BCUT2D eigenvalue weighted by atomic mass is 9.92. The Bertz CT molecular complexity index is 776. The second kappa shape index (κ2) is 8.54. The van der Waals surface area contributed by atoms with Crippen LogP contribution in [0.3, 0.4) is 0 Å². The van der Waals surface area contributed by atoms with E-state index in [9.17, 15) is 4.79 Å². The maximum absolute atomic E-state index is 11.5. The van der Waals surface area contributed by atoms with E-state index in [2.05, 4.69) is 9.97 Å². The number of hydrogen-bond donors (Lipinski definition) is 0. The number of rotatable bonds is 4. The Balaban J connectivity index is 0.00000243. The number of ether oxygens (including phenoxy) is 2. The highest BCUT2D eigenvalue weighted by atomic mass is 35.5. The van der Waals surface area contributed by atoms with Crippen molar-refractivity contribution in [1.82, 2.24) is 14.9 Å². The molecule has 2 aromatic rings.